The number of ether oxygens (including phenoxy) is 1. The fourth-order valence-corrected chi connectivity index (χ4v) is 2.82. The average molecular weight is 367 g/mol. The van der Waals surface area contributed by atoms with Gasteiger partial charge in [0.05, 0.1) is 17.2 Å². The Bertz CT molecular complexity index is 860. The van der Waals surface area contributed by atoms with Crippen LogP contribution in [0, 0.1) is 0 Å². The molecule has 7 heteroatoms. The highest BCUT2D eigenvalue weighted by Crippen LogP contribution is 2.14. The Morgan fingerprint density at radius 2 is 1.89 bits per heavy atom. The molecule has 1 saturated heterocycles. The highest BCUT2D eigenvalue weighted by molar-refractivity contribution is 6.06. The molecular formula is C20H21N3O4. The predicted molar refractivity (Wildman–Crippen MR) is 99.9 cm³/mol. The molecule has 0 radical (unpaired) electrons. The topological polar surface area (TPSA) is 97.4 Å². The van der Waals surface area contributed by atoms with E-state index in [2.05, 4.69) is 15.6 Å². The molecule has 1 unspecified atom stereocenters. The van der Waals surface area contributed by atoms with Crippen molar-refractivity contribution in [3.8, 4) is 0 Å². The van der Waals surface area contributed by atoms with Crippen LogP contribution in [-0.4, -0.2) is 41.8 Å². The van der Waals surface area contributed by atoms with Crippen LogP contribution in [0.25, 0.3) is 0 Å². The molecule has 0 saturated carbocycles. The molecule has 7 nitrogen and oxygen atoms in total. The van der Waals surface area contributed by atoms with Crippen molar-refractivity contribution in [2.75, 3.05) is 18.5 Å². The number of ketones is 1. The number of rotatable bonds is 6. The van der Waals surface area contributed by atoms with Crippen molar-refractivity contribution in [3.05, 3.63) is 59.4 Å². The zero-order chi connectivity index (χ0) is 19.2. The van der Waals surface area contributed by atoms with Gasteiger partial charge in [-0.3, -0.25) is 19.4 Å². The van der Waals surface area contributed by atoms with Crippen LogP contribution in [0.3, 0.4) is 0 Å². The smallest absolute Gasteiger partial charge is 0.257 e. The fraction of sp³-hybridized carbons (Fsp3) is 0.300. The Labute approximate surface area is 157 Å². The highest BCUT2D eigenvalue weighted by atomic mass is 16.5. The molecular weight excluding hydrogens is 346 g/mol. The van der Waals surface area contributed by atoms with E-state index in [1.807, 2.05) is 0 Å². The second-order valence-electron chi connectivity index (χ2n) is 6.40. The third-order valence-electron chi connectivity index (χ3n) is 4.30. The molecule has 140 valence electrons. The van der Waals surface area contributed by atoms with Gasteiger partial charge in [0, 0.05) is 36.8 Å². The van der Waals surface area contributed by atoms with Gasteiger partial charge in [-0.25, -0.2) is 0 Å². The lowest BCUT2D eigenvalue weighted by atomic mass is 10.1. The number of nitrogens with zero attached hydrogens (tertiary/aromatic N) is 1. The molecule has 0 aliphatic carbocycles. The standard InChI is InChI=1S/C20H21N3O4/c1-13(24)14-4-2-5-17(9-14)23-20(26)16-8-15(10-21-11-16)19(25)22-12-18-6-3-7-27-18/h2,4-5,8-11,18H,3,6-7,12H2,1H3,(H,22,25)(H,23,26). The Balaban J connectivity index is 1.65. The molecule has 1 aromatic heterocycles. The van der Waals surface area contributed by atoms with Crippen LogP contribution in [0.5, 0.6) is 0 Å². The van der Waals surface area contributed by atoms with Crippen molar-refractivity contribution >= 4 is 23.3 Å². The van der Waals surface area contributed by atoms with E-state index in [0.29, 0.717) is 23.4 Å². The molecule has 27 heavy (non-hydrogen) atoms. The maximum atomic E-state index is 12.4. The van der Waals surface area contributed by atoms with Gasteiger partial charge in [0.1, 0.15) is 0 Å². The van der Waals surface area contributed by atoms with Gasteiger partial charge >= 0.3 is 0 Å². The van der Waals surface area contributed by atoms with Gasteiger partial charge in [0.2, 0.25) is 0 Å². The van der Waals surface area contributed by atoms with Crippen LogP contribution in [0.1, 0.15) is 50.8 Å². The predicted octanol–water partition coefficient (Wildman–Crippen LogP) is 2.45. The van der Waals surface area contributed by atoms with Crippen LogP contribution in [0.4, 0.5) is 5.69 Å². The Morgan fingerprint density at radius 1 is 1.11 bits per heavy atom. The van der Waals surface area contributed by atoms with Crippen LogP contribution >= 0.6 is 0 Å². The first-order chi connectivity index (χ1) is 13.0. The number of pyridine rings is 1. The number of benzene rings is 1. The molecule has 1 fully saturated rings. The molecule has 2 amide bonds. The van der Waals surface area contributed by atoms with Crippen LogP contribution < -0.4 is 10.6 Å². The zero-order valence-electron chi connectivity index (χ0n) is 15.0. The first kappa shape index (κ1) is 18.7. The quantitative estimate of drug-likeness (QED) is 0.765. The van der Waals surface area contributed by atoms with Crippen LogP contribution in [0.2, 0.25) is 0 Å². The third kappa shape index (κ3) is 4.98. The minimum absolute atomic E-state index is 0.0435. The summed E-state index contributed by atoms with van der Waals surface area (Å²) in [5, 5.41) is 5.52. The molecule has 2 heterocycles. The normalized spacial score (nSPS) is 16.0. The largest absolute Gasteiger partial charge is 0.376 e. The van der Waals surface area contributed by atoms with E-state index in [0.717, 1.165) is 19.4 Å². The van der Waals surface area contributed by atoms with Crippen molar-refractivity contribution in [1.29, 1.82) is 0 Å². The number of hydrogen-bond donors (Lipinski definition) is 2. The van der Waals surface area contributed by atoms with Crippen LogP contribution in [-0.2, 0) is 4.74 Å². The molecule has 1 aliphatic heterocycles. The second kappa shape index (κ2) is 8.55. The summed E-state index contributed by atoms with van der Waals surface area (Å²) >= 11 is 0. The van der Waals surface area contributed by atoms with E-state index in [1.54, 1.807) is 24.3 Å². The van der Waals surface area contributed by atoms with Gasteiger partial charge in [-0.2, -0.15) is 0 Å². The lowest BCUT2D eigenvalue weighted by Crippen LogP contribution is -2.32. The Kier molecular flexibility index (Phi) is 5.93. The summed E-state index contributed by atoms with van der Waals surface area (Å²) in [4.78, 5) is 40.2. The van der Waals surface area contributed by atoms with Crippen LogP contribution in [0.15, 0.2) is 42.7 Å². The van der Waals surface area contributed by atoms with Gasteiger partial charge in [-0.15, -0.1) is 0 Å². The summed E-state index contributed by atoms with van der Waals surface area (Å²) < 4.78 is 5.48. The van der Waals surface area contributed by atoms with Gasteiger partial charge in [-0.1, -0.05) is 12.1 Å². The van der Waals surface area contributed by atoms with E-state index in [1.165, 1.54) is 25.4 Å². The monoisotopic (exact) mass is 367 g/mol. The third-order valence-corrected chi connectivity index (χ3v) is 4.30. The summed E-state index contributed by atoms with van der Waals surface area (Å²) in [7, 11) is 0. The van der Waals surface area contributed by atoms with Gasteiger partial charge in [-0.05, 0) is 38.0 Å². The Hall–Kier alpha value is -3.06. The molecule has 3 rings (SSSR count). The summed E-state index contributed by atoms with van der Waals surface area (Å²) in [5.41, 5.74) is 1.57. The van der Waals surface area contributed by atoms with Gasteiger partial charge in [0.25, 0.3) is 11.8 Å². The van der Waals surface area contributed by atoms with Crippen molar-refractivity contribution in [2.45, 2.75) is 25.9 Å². The molecule has 1 atom stereocenters. The first-order valence-corrected chi connectivity index (χ1v) is 8.80. The van der Waals surface area contributed by atoms with Crippen molar-refractivity contribution in [2.24, 2.45) is 0 Å². The summed E-state index contributed by atoms with van der Waals surface area (Å²) in [5.74, 6) is -0.791. The number of Topliss-reactive ketones (excluding diaryl/α,β-unsaturated/α-hetero) is 1. The molecule has 1 aromatic carbocycles. The lowest BCUT2D eigenvalue weighted by Gasteiger charge is -2.11. The lowest BCUT2D eigenvalue weighted by molar-refractivity contribution is 0.0857. The number of carbonyl (C=O) groups excluding carboxylic acids is 3. The molecule has 2 aromatic rings. The zero-order valence-corrected chi connectivity index (χ0v) is 15.0. The number of carbonyl (C=O) groups is 3. The molecule has 0 spiro atoms. The fourth-order valence-electron chi connectivity index (χ4n) is 2.82. The minimum atomic E-state index is -0.406. The van der Waals surface area contributed by atoms with E-state index in [4.69, 9.17) is 4.74 Å². The maximum Gasteiger partial charge on any atom is 0.257 e. The van der Waals surface area contributed by atoms with Crippen molar-refractivity contribution < 1.29 is 19.1 Å². The van der Waals surface area contributed by atoms with Gasteiger partial charge < -0.3 is 15.4 Å². The second-order valence-corrected chi connectivity index (χ2v) is 6.40. The number of nitrogens with one attached hydrogen (secondary N) is 2. The summed E-state index contributed by atoms with van der Waals surface area (Å²) in [6.45, 7) is 2.62. The number of anilines is 1. The summed E-state index contributed by atoms with van der Waals surface area (Å²) in [6, 6.07) is 8.15. The van der Waals surface area contributed by atoms with Crippen molar-refractivity contribution in [3.63, 3.8) is 0 Å². The molecule has 1 aliphatic rings. The van der Waals surface area contributed by atoms with Crippen molar-refractivity contribution in [1.82, 2.24) is 10.3 Å². The summed E-state index contributed by atoms with van der Waals surface area (Å²) in [6.07, 6.45) is 4.78. The number of hydrogen-bond acceptors (Lipinski definition) is 5. The highest BCUT2D eigenvalue weighted by Gasteiger charge is 2.17. The average Bonchev–Trinajstić information content (AvgIpc) is 3.20. The SMILES string of the molecule is CC(=O)c1cccc(NC(=O)c2cncc(C(=O)NCC3CCCO3)c2)c1. The van der Waals surface area contributed by atoms with E-state index in [-0.39, 0.29) is 23.4 Å². The van der Waals surface area contributed by atoms with E-state index >= 15 is 0 Å². The minimum Gasteiger partial charge on any atom is -0.376 e. The first-order valence-electron chi connectivity index (χ1n) is 8.80. The Morgan fingerprint density at radius 3 is 2.59 bits per heavy atom. The van der Waals surface area contributed by atoms with E-state index < -0.39 is 5.91 Å². The molecule has 2 N–H and O–H groups in total. The number of aromatic nitrogens is 1. The molecule has 0 bridgehead atoms. The maximum absolute atomic E-state index is 12.4. The van der Waals surface area contributed by atoms with Gasteiger partial charge in [0.15, 0.2) is 5.78 Å². The number of amides is 2. The van der Waals surface area contributed by atoms with E-state index in [9.17, 15) is 14.4 Å².